The van der Waals surface area contributed by atoms with Gasteiger partial charge in [-0.1, -0.05) is 18.6 Å². The van der Waals surface area contributed by atoms with Gasteiger partial charge in [-0.15, -0.1) is 0 Å². The van der Waals surface area contributed by atoms with Gasteiger partial charge in [0.2, 0.25) is 11.8 Å². The molecule has 6 heteroatoms. The molecule has 4 atom stereocenters. The zero-order chi connectivity index (χ0) is 20.4. The van der Waals surface area contributed by atoms with Crippen LogP contribution in [0.15, 0.2) is 24.3 Å². The van der Waals surface area contributed by atoms with Gasteiger partial charge in [0.25, 0.3) is 0 Å². The standard InChI is InChI=1S/C23H33N3O3/c1-16(27)24-13-22-19-12-18(21-8-3-4-9-26(21)22)14-25(15-19)23(28)11-17-6-5-7-20(10-17)29-2/h5-7,10,18-19,21-22H,3-4,8-9,11-15H2,1-2H3,(H,24,27)/t18-,19+,21+,22+/m1/s1. The van der Waals surface area contributed by atoms with E-state index in [0.717, 1.165) is 30.9 Å². The summed E-state index contributed by atoms with van der Waals surface area (Å²) < 4.78 is 5.30. The van der Waals surface area contributed by atoms with Gasteiger partial charge in [0.05, 0.1) is 13.5 Å². The topological polar surface area (TPSA) is 61.9 Å². The summed E-state index contributed by atoms with van der Waals surface area (Å²) in [6.45, 7) is 5.07. The molecule has 158 valence electrons. The SMILES string of the molecule is COc1cccc(CC(=O)N2C[C@H]3C[C@@H](C2)[C@H](CNC(C)=O)N2CCCC[C@@H]32)c1. The molecule has 29 heavy (non-hydrogen) atoms. The number of nitrogens with zero attached hydrogens (tertiary/aromatic N) is 2. The number of fused-ring (bicyclic) bond motifs is 4. The lowest BCUT2D eigenvalue weighted by molar-refractivity contribution is -0.140. The number of ether oxygens (including phenoxy) is 1. The smallest absolute Gasteiger partial charge is 0.227 e. The molecule has 2 bridgehead atoms. The first-order valence-electron chi connectivity index (χ1n) is 11.0. The summed E-state index contributed by atoms with van der Waals surface area (Å²) in [5.74, 6) is 2.01. The van der Waals surface area contributed by atoms with E-state index in [0.29, 0.717) is 36.9 Å². The van der Waals surface area contributed by atoms with Gasteiger partial charge < -0.3 is 15.0 Å². The van der Waals surface area contributed by atoms with E-state index in [1.54, 1.807) is 14.0 Å². The lowest BCUT2D eigenvalue weighted by atomic mass is 9.72. The molecule has 1 aromatic rings. The molecule has 3 heterocycles. The third-order valence-corrected chi connectivity index (χ3v) is 7.02. The minimum absolute atomic E-state index is 0.0300. The van der Waals surface area contributed by atoms with Crippen LogP contribution in [-0.4, -0.2) is 67.0 Å². The van der Waals surface area contributed by atoms with E-state index in [4.69, 9.17) is 4.74 Å². The molecule has 0 spiro atoms. The average Bonchev–Trinajstić information content (AvgIpc) is 2.73. The van der Waals surface area contributed by atoms with Crippen molar-refractivity contribution in [2.45, 2.75) is 51.1 Å². The van der Waals surface area contributed by atoms with Crippen LogP contribution in [0.25, 0.3) is 0 Å². The van der Waals surface area contributed by atoms with Gasteiger partial charge in [-0.3, -0.25) is 14.5 Å². The summed E-state index contributed by atoms with van der Waals surface area (Å²) in [4.78, 5) is 29.4. The van der Waals surface area contributed by atoms with Crippen LogP contribution in [-0.2, 0) is 16.0 Å². The molecule has 0 aliphatic carbocycles. The summed E-state index contributed by atoms with van der Waals surface area (Å²) in [6.07, 6.45) is 5.32. The number of nitrogens with one attached hydrogen (secondary N) is 1. The minimum atomic E-state index is 0.0300. The summed E-state index contributed by atoms with van der Waals surface area (Å²) in [5.41, 5.74) is 0.999. The van der Waals surface area contributed by atoms with E-state index in [1.807, 2.05) is 24.3 Å². The highest BCUT2D eigenvalue weighted by atomic mass is 16.5. The van der Waals surface area contributed by atoms with Crippen molar-refractivity contribution in [2.24, 2.45) is 11.8 Å². The van der Waals surface area contributed by atoms with Crippen LogP contribution < -0.4 is 10.1 Å². The van der Waals surface area contributed by atoms with E-state index >= 15 is 0 Å². The van der Waals surface area contributed by atoms with Gasteiger partial charge in [-0.2, -0.15) is 0 Å². The maximum absolute atomic E-state index is 13.1. The molecule has 4 rings (SSSR count). The molecular weight excluding hydrogens is 366 g/mol. The summed E-state index contributed by atoms with van der Waals surface area (Å²) in [6, 6.07) is 8.68. The first kappa shape index (κ1) is 20.2. The fourth-order valence-electron chi connectivity index (χ4n) is 5.71. The number of piperidine rings is 3. The molecule has 1 aromatic carbocycles. The monoisotopic (exact) mass is 399 g/mol. The zero-order valence-corrected chi connectivity index (χ0v) is 17.6. The number of benzene rings is 1. The van der Waals surface area contributed by atoms with Gasteiger partial charge in [0, 0.05) is 38.6 Å². The molecule has 3 fully saturated rings. The molecule has 0 aromatic heterocycles. The third-order valence-electron chi connectivity index (χ3n) is 7.02. The van der Waals surface area contributed by atoms with Crippen molar-refractivity contribution in [3.8, 4) is 5.75 Å². The molecule has 0 radical (unpaired) electrons. The van der Waals surface area contributed by atoms with Crippen LogP contribution in [0.4, 0.5) is 0 Å². The Kier molecular flexibility index (Phi) is 6.09. The van der Waals surface area contributed by atoms with Crippen molar-refractivity contribution < 1.29 is 14.3 Å². The number of hydrogen-bond donors (Lipinski definition) is 1. The number of amides is 2. The van der Waals surface area contributed by atoms with E-state index in [1.165, 1.54) is 25.7 Å². The Hall–Kier alpha value is -2.08. The van der Waals surface area contributed by atoms with Crippen molar-refractivity contribution in [3.05, 3.63) is 29.8 Å². The quantitative estimate of drug-likeness (QED) is 0.824. The predicted octanol–water partition coefficient (Wildman–Crippen LogP) is 2.08. The Bertz CT molecular complexity index is 753. The van der Waals surface area contributed by atoms with Gasteiger partial charge in [-0.25, -0.2) is 0 Å². The molecule has 3 aliphatic heterocycles. The Balaban J connectivity index is 1.48. The largest absolute Gasteiger partial charge is 0.497 e. The van der Waals surface area contributed by atoms with Crippen molar-refractivity contribution in [1.82, 2.24) is 15.1 Å². The van der Waals surface area contributed by atoms with Gasteiger partial charge in [0.15, 0.2) is 0 Å². The fourth-order valence-corrected chi connectivity index (χ4v) is 5.71. The lowest BCUT2D eigenvalue weighted by Crippen LogP contribution is -2.66. The highest BCUT2D eigenvalue weighted by Crippen LogP contribution is 2.41. The highest BCUT2D eigenvalue weighted by molar-refractivity contribution is 5.79. The Morgan fingerprint density at radius 3 is 2.83 bits per heavy atom. The van der Waals surface area contributed by atoms with Crippen LogP contribution in [0.5, 0.6) is 5.75 Å². The van der Waals surface area contributed by atoms with Crippen LogP contribution >= 0.6 is 0 Å². The molecular formula is C23H33N3O3. The number of carbonyl (C=O) groups excluding carboxylic acids is 2. The highest BCUT2D eigenvalue weighted by Gasteiger charge is 2.47. The fraction of sp³-hybridized carbons (Fsp3) is 0.652. The maximum atomic E-state index is 13.1. The molecule has 0 saturated carbocycles. The summed E-state index contributed by atoms with van der Waals surface area (Å²) in [5, 5.41) is 3.05. The van der Waals surface area contributed by atoms with E-state index < -0.39 is 0 Å². The van der Waals surface area contributed by atoms with E-state index in [-0.39, 0.29) is 11.8 Å². The number of likely N-dealkylation sites (tertiary alicyclic amines) is 1. The van der Waals surface area contributed by atoms with Crippen LogP contribution in [0.2, 0.25) is 0 Å². The summed E-state index contributed by atoms with van der Waals surface area (Å²) >= 11 is 0. The minimum Gasteiger partial charge on any atom is -0.497 e. The number of hydrogen-bond acceptors (Lipinski definition) is 4. The predicted molar refractivity (Wildman–Crippen MR) is 112 cm³/mol. The number of methoxy groups -OCH3 is 1. The average molecular weight is 400 g/mol. The Labute approximate surface area is 173 Å². The molecule has 6 nitrogen and oxygen atoms in total. The maximum Gasteiger partial charge on any atom is 0.227 e. The first-order valence-corrected chi connectivity index (χ1v) is 11.0. The van der Waals surface area contributed by atoms with Crippen LogP contribution in [0.3, 0.4) is 0 Å². The zero-order valence-electron chi connectivity index (χ0n) is 17.6. The molecule has 3 saturated heterocycles. The molecule has 3 aliphatic rings. The molecule has 2 amide bonds. The van der Waals surface area contributed by atoms with Crippen molar-refractivity contribution in [3.63, 3.8) is 0 Å². The first-order chi connectivity index (χ1) is 14.0. The van der Waals surface area contributed by atoms with E-state index in [2.05, 4.69) is 15.1 Å². The third kappa shape index (κ3) is 4.42. The second kappa shape index (κ2) is 8.74. The normalized spacial score (nSPS) is 29.1. The lowest BCUT2D eigenvalue weighted by Gasteiger charge is -2.56. The number of rotatable bonds is 5. The number of carbonyl (C=O) groups is 2. The molecule has 1 N–H and O–H groups in total. The van der Waals surface area contributed by atoms with Crippen molar-refractivity contribution in [2.75, 3.05) is 33.3 Å². The van der Waals surface area contributed by atoms with Gasteiger partial charge in [-0.05, 0) is 55.3 Å². The second-order valence-corrected chi connectivity index (χ2v) is 8.89. The Morgan fingerprint density at radius 2 is 2.03 bits per heavy atom. The van der Waals surface area contributed by atoms with Crippen LogP contribution in [0.1, 0.15) is 38.2 Å². The Morgan fingerprint density at radius 1 is 1.21 bits per heavy atom. The summed E-state index contributed by atoms with van der Waals surface area (Å²) in [7, 11) is 1.65. The van der Waals surface area contributed by atoms with Crippen LogP contribution in [0, 0.1) is 11.8 Å². The second-order valence-electron chi connectivity index (χ2n) is 8.89. The van der Waals surface area contributed by atoms with Crippen molar-refractivity contribution in [1.29, 1.82) is 0 Å². The van der Waals surface area contributed by atoms with Gasteiger partial charge in [0.1, 0.15) is 5.75 Å². The van der Waals surface area contributed by atoms with Crippen molar-refractivity contribution >= 4 is 11.8 Å². The molecule has 0 unspecified atom stereocenters. The van der Waals surface area contributed by atoms with Gasteiger partial charge >= 0.3 is 0 Å². The van der Waals surface area contributed by atoms with E-state index in [9.17, 15) is 9.59 Å².